The molecular weight excluding hydrogens is 462 g/mol. The second-order valence-electron chi connectivity index (χ2n) is 9.00. The SMILES string of the molecule is COC(=O)[C@@H]1[C@H](c2cc(OC)c3nc4ccccc4nc3c2)c2cc3c(cc2C2=NOC[C@@H]21)OCO3. The Morgan fingerprint density at radius 2 is 1.75 bits per heavy atom. The maximum absolute atomic E-state index is 13.3. The minimum absolute atomic E-state index is 0.141. The zero-order valence-electron chi connectivity index (χ0n) is 19.6. The molecule has 0 saturated heterocycles. The van der Waals surface area contributed by atoms with E-state index in [0.29, 0.717) is 34.0 Å². The molecule has 4 aromatic rings. The average molecular weight is 483 g/mol. The highest BCUT2D eigenvalue weighted by atomic mass is 16.7. The molecule has 1 aliphatic carbocycles. The van der Waals surface area contributed by atoms with E-state index in [0.717, 1.165) is 27.7 Å². The highest BCUT2D eigenvalue weighted by Crippen LogP contribution is 2.50. The normalized spacial score (nSPS) is 21.5. The number of aromatic nitrogens is 2. The van der Waals surface area contributed by atoms with Crippen molar-refractivity contribution in [3.63, 3.8) is 0 Å². The molecule has 1 aromatic heterocycles. The van der Waals surface area contributed by atoms with E-state index in [1.165, 1.54) is 7.11 Å². The molecule has 3 heterocycles. The third kappa shape index (κ3) is 2.95. The molecule has 9 heteroatoms. The largest absolute Gasteiger partial charge is 0.494 e. The Kier molecular flexibility index (Phi) is 4.54. The minimum Gasteiger partial charge on any atom is -0.494 e. The summed E-state index contributed by atoms with van der Waals surface area (Å²) in [6, 6.07) is 15.5. The Morgan fingerprint density at radius 1 is 0.972 bits per heavy atom. The highest BCUT2D eigenvalue weighted by Gasteiger charge is 2.49. The maximum Gasteiger partial charge on any atom is 0.310 e. The Bertz CT molecular complexity index is 1600. The van der Waals surface area contributed by atoms with Crippen LogP contribution < -0.4 is 14.2 Å². The average Bonchev–Trinajstić information content (AvgIpc) is 3.58. The summed E-state index contributed by atoms with van der Waals surface area (Å²) in [5.41, 5.74) is 6.21. The van der Waals surface area contributed by atoms with Gasteiger partial charge in [0.05, 0.1) is 48.3 Å². The van der Waals surface area contributed by atoms with Crippen molar-refractivity contribution in [3.05, 3.63) is 65.2 Å². The van der Waals surface area contributed by atoms with Crippen molar-refractivity contribution in [3.8, 4) is 17.2 Å². The third-order valence-electron chi connectivity index (χ3n) is 7.20. The third-order valence-corrected chi connectivity index (χ3v) is 7.20. The van der Waals surface area contributed by atoms with Crippen molar-refractivity contribution in [1.82, 2.24) is 9.97 Å². The first-order valence-corrected chi connectivity index (χ1v) is 11.6. The Hall–Kier alpha value is -4.40. The van der Waals surface area contributed by atoms with Gasteiger partial charge in [0.2, 0.25) is 6.79 Å². The number of nitrogens with zero attached hydrogens (tertiary/aromatic N) is 3. The fourth-order valence-electron chi connectivity index (χ4n) is 5.59. The van der Waals surface area contributed by atoms with Crippen LogP contribution in [0.3, 0.4) is 0 Å². The van der Waals surface area contributed by atoms with Gasteiger partial charge in [-0.1, -0.05) is 17.3 Å². The fraction of sp³-hybridized carbons (Fsp3) is 0.259. The van der Waals surface area contributed by atoms with Crippen LogP contribution >= 0.6 is 0 Å². The maximum atomic E-state index is 13.3. The van der Waals surface area contributed by atoms with Gasteiger partial charge in [0, 0.05) is 11.5 Å². The molecular formula is C27H21N3O6. The van der Waals surface area contributed by atoms with Crippen LogP contribution in [-0.2, 0) is 14.4 Å². The first-order chi connectivity index (χ1) is 17.7. The van der Waals surface area contributed by atoms with E-state index in [1.807, 2.05) is 48.5 Å². The van der Waals surface area contributed by atoms with Crippen molar-refractivity contribution >= 4 is 33.7 Å². The second-order valence-corrected chi connectivity index (χ2v) is 9.00. The number of para-hydroxylation sites is 2. The van der Waals surface area contributed by atoms with Crippen molar-refractivity contribution in [2.24, 2.45) is 17.0 Å². The van der Waals surface area contributed by atoms with E-state index in [1.54, 1.807) is 7.11 Å². The number of esters is 1. The number of oxime groups is 1. The van der Waals surface area contributed by atoms with Gasteiger partial charge in [-0.05, 0) is 47.5 Å². The van der Waals surface area contributed by atoms with Crippen LogP contribution in [0.5, 0.6) is 17.2 Å². The topological polar surface area (TPSA) is 101 Å². The zero-order valence-corrected chi connectivity index (χ0v) is 19.6. The molecule has 3 aromatic carbocycles. The number of rotatable bonds is 3. The number of methoxy groups -OCH3 is 2. The van der Waals surface area contributed by atoms with Crippen molar-refractivity contribution in [2.75, 3.05) is 27.6 Å². The van der Waals surface area contributed by atoms with Crippen LogP contribution in [0, 0.1) is 11.8 Å². The first-order valence-electron chi connectivity index (χ1n) is 11.6. The number of hydrogen-bond acceptors (Lipinski definition) is 9. The Morgan fingerprint density at radius 3 is 2.53 bits per heavy atom. The quantitative estimate of drug-likeness (QED) is 0.320. The summed E-state index contributed by atoms with van der Waals surface area (Å²) >= 11 is 0. The summed E-state index contributed by atoms with van der Waals surface area (Å²) in [5.74, 6) is 0.271. The molecule has 9 nitrogen and oxygen atoms in total. The minimum atomic E-state index is -0.570. The summed E-state index contributed by atoms with van der Waals surface area (Å²) in [6.45, 7) is 0.427. The van der Waals surface area contributed by atoms with Crippen molar-refractivity contribution in [2.45, 2.75) is 5.92 Å². The number of carbonyl (C=O) groups is 1. The van der Waals surface area contributed by atoms with Crippen LogP contribution in [0.2, 0.25) is 0 Å². The Balaban J connectivity index is 1.50. The van der Waals surface area contributed by atoms with Gasteiger partial charge in [-0.2, -0.15) is 0 Å². The molecule has 0 saturated carbocycles. The monoisotopic (exact) mass is 483 g/mol. The van der Waals surface area contributed by atoms with Gasteiger partial charge in [0.1, 0.15) is 17.9 Å². The smallest absolute Gasteiger partial charge is 0.310 e. The molecule has 0 amide bonds. The number of benzene rings is 3. The molecule has 3 atom stereocenters. The molecule has 180 valence electrons. The standard InChI is InChI=1S/C27H21N3O6/c1-32-22-8-13(7-19-26(22)29-18-6-4-3-5-17(18)28-19)23-14-9-20-21(35-12-34-20)10-15(14)25-16(11-36-30-25)24(23)27(31)33-2/h3-10,16,23-24H,11-12H2,1-2H3/t16-,23-,24+/m1/s1. The number of fused-ring (bicyclic) bond motifs is 6. The van der Waals surface area contributed by atoms with Gasteiger partial charge in [-0.3, -0.25) is 4.79 Å². The van der Waals surface area contributed by atoms with Gasteiger partial charge in [-0.15, -0.1) is 0 Å². The van der Waals surface area contributed by atoms with Crippen LogP contribution in [0.25, 0.3) is 22.1 Å². The lowest BCUT2D eigenvalue weighted by molar-refractivity contribution is -0.147. The molecule has 0 spiro atoms. The number of ether oxygens (including phenoxy) is 4. The lowest BCUT2D eigenvalue weighted by atomic mass is 9.65. The molecule has 0 fully saturated rings. The van der Waals surface area contributed by atoms with Gasteiger partial charge in [0.25, 0.3) is 0 Å². The number of carbonyl (C=O) groups excluding carboxylic acids is 1. The molecule has 36 heavy (non-hydrogen) atoms. The fourth-order valence-corrected chi connectivity index (χ4v) is 5.59. The van der Waals surface area contributed by atoms with E-state index in [-0.39, 0.29) is 31.2 Å². The van der Waals surface area contributed by atoms with E-state index in [2.05, 4.69) is 5.16 Å². The molecule has 3 aliphatic rings. The zero-order chi connectivity index (χ0) is 24.4. The van der Waals surface area contributed by atoms with E-state index in [9.17, 15) is 4.79 Å². The van der Waals surface area contributed by atoms with Gasteiger partial charge in [-0.25, -0.2) is 9.97 Å². The lowest BCUT2D eigenvalue weighted by Gasteiger charge is -2.36. The van der Waals surface area contributed by atoms with Gasteiger partial charge < -0.3 is 23.8 Å². The van der Waals surface area contributed by atoms with E-state index in [4.69, 9.17) is 33.8 Å². The molecule has 0 radical (unpaired) electrons. The van der Waals surface area contributed by atoms with E-state index >= 15 is 0 Å². The van der Waals surface area contributed by atoms with Crippen LogP contribution in [0.15, 0.2) is 53.7 Å². The molecule has 0 bridgehead atoms. The summed E-state index contributed by atoms with van der Waals surface area (Å²) in [5, 5.41) is 4.30. The van der Waals surface area contributed by atoms with Crippen LogP contribution in [-0.4, -0.2) is 49.3 Å². The predicted octanol–water partition coefficient (Wildman–Crippen LogP) is 3.81. The Labute approximate surface area is 205 Å². The summed E-state index contributed by atoms with van der Waals surface area (Å²) in [6.07, 6.45) is 0. The van der Waals surface area contributed by atoms with Gasteiger partial charge in [0.15, 0.2) is 11.5 Å². The van der Waals surface area contributed by atoms with Crippen molar-refractivity contribution < 1.29 is 28.6 Å². The van der Waals surface area contributed by atoms with Gasteiger partial charge >= 0.3 is 5.97 Å². The van der Waals surface area contributed by atoms with Crippen LogP contribution in [0.1, 0.15) is 22.6 Å². The highest BCUT2D eigenvalue weighted by molar-refractivity contribution is 6.08. The molecule has 0 N–H and O–H groups in total. The van der Waals surface area contributed by atoms with E-state index < -0.39 is 5.92 Å². The predicted molar refractivity (Wildman–Crippen MR) is 129 cm³/mol. The summed E-state index contributed by atoms with van der Waals surface area (Å²) in [7, 11) is 3.01. The lowest BCUT2D eigenvalue weighted by Crippen LogP contribution is -2.40. The molecule has 7 rings (SSSR count). The first kappa shape index (κ1) is 20.9. The van der Waals surface area contributed by atoms with Crippen LogP contribution in [0.4, 0.5) is 0 Å². The number of hydrogen-bond donors (Lipinski definition) is 0. The van der Waals surface area contributed by atoms with Crippen molar-refractivity contribution in [1.29, 1.82) is 0 Å². The second kappa shape index (κ2) is 7.81. The molecule has 0 unspecified atom stereocenters. The molecule has 2 aliphatic heterocycles. The summed E-state index contributed by atoms with van der Waals surface area (Å²) in [4.78, 5) is 28.4. The summed E-state index contributed by atoms with van der Waals surface area (Å²) < 4.78 is 22.4.